The molecule has 2 rings (SSSR count). The van der Waals surface area contributed by atoms with E-state index >= 15 is 0 Å². The van der Waals surface area contributed by atoms with E-state index < -0.39 is 0 Å². The minimum atomic E-state index is -0.148. The van der Waals surface area contributed by atoms with Crippen LogP contribution in [0.15, 0.2) is 51.4 Å². The molecule has 98 valence electrons. The predicted molar refractivity (Wildman–Crippen MR) is 82.7 cm³/mol. The summed E-state index contributed by atoms with van der Waals surface area (Å²) in [6, 6.07) is 12.0. The first kappa shape index (κ1) is 14.1. The molecule has 0 radical (unpaired) electrons. The average molecular weight is 385 g/mol. The van der Waals surface area contributed by atoms with Crippen LogP contribution in [0.1, 0.15) is 10.4 Å². The normalized spacial score (nSPS) is 10.3. The molecule has 0 fully saturated rings. The molecule has 0 aliphatic heterocycles. The molecule has 0 aliphatic rings. The molecule has 0 aromatic heterocycles. The van der Waals surface area contributed by atoms with Gasteiger partial charge in [-0.1, -0.05) is 22.0 Å². The molecule has 1 N–H and O–H groups in total. The number of anilines is 1. The quantitative estimate of drug-likeness (QED) is 0.843. The van der Waals surface area contributed by atoms with Crippen LogP contribution in [0.4, 0.5) is 5.69 Å². The first-order valence-electron chi connectivity index (χ1n) is 5.51. The van der Waals surface area contributed by atoms with Crippen molar-refractivity contribution in [3.8, 4) is 5.75 Å². The summed E-state index contributed by atoms with van der Waals surface area (Å²) in [5, 5.41) is 9.45. The van der Waals surface area contributed by atoms with Crippen molar-refractivity contribution < 1.29 is 9.90 Å². The zero-order valence-corrected chi connectivity index (χ0v) is 13.3. The Morgan fingerprint density at radius 2 is 1.89 bits per heavy atom. The van der Waals surface area contributed by atoms with Crippen LogP contribution >= 0.6 is 31.9 Å². The number of aromatic hydroxyl groups is 1. The molecular weight excluding hydrogens is 374 g/mol. The second-order valence-electron chi connectivity index (χ2n) is 4.01. The number of halogens is 2. The zero-order valence-electron chi connectivity index (χ0n) is 10.1. The van der Waals surface area contributed by atoms with Gasteiger partial charge >= 0.3 is 0 Å². The highest BCUT2D eigenvalue weighted by Gasteiger charge is 2.16. The third-order valence-electron chi connectivity index (χ3n) is 2.68. The Balaban J connectivity index is 2.33. The number of nitrogens with zero attached hydrogens (tertiary/aromatic N) is 1. The van der Waals surface area contributed by atoms with Crippen molar-refractivity contribution in [1.29, 1.82) is 0 Å². The summed E-state index contributed by atoms with van der Waals surface area (Å²) in [6.07, 6.45) is 0. The summed E-state index contributed by atoms with van der Waals surface area (Å²) in [6.45, 7) is 0. The van der Waals surface area contributed by atoms with Crippen molar-refractivity contribution in [2.75, 3.05) is 11.9 Å². The molecule has 3 nitrogen and oxygen atoms in total. The number of amides is 1. The van der Waals surface area contributed by atoms with E-state index in [4.69, 9.17) is 0 Å². The fourth-order valence-corrected chi connectivity index (χ4v) is 2.88. The lowest BCUT2D eigenvalue weighted by Gasteiger charge is -2.18. The van der Waals surface area contributed by atoms with Crippen LogP contribution in [0.2, 0.25) is 0 Å². The predicted octanol–water partition coefficient (Wildman–Crippen LogP) is 4.19. The van der Waals surface area contributed by atoms with E-state index in [0.717, 1.165) is 8.95 Å². The van der Waals surface area contributed by atoms with Gasteiger partial charge in [-0.05, 0) is 46.3 Å². The minimum absolute atomic E-state index is 0.132. The number of benzene rings is 2. The molecule has 1 amide bonds. The third-order valence-corrected chi connectivity index (χ3v) is 3.83. The fraction of sp³-hybridized carbons (Fsp3) is 0.0714. The van der Waals surface area contributed by atoms with E-state index in [1.165, 1.54) is 4.90 Å². The van der Waals surface area contributed by atoms with Gasteiger partial charge in [-0.15, -0.1) is 0 Å². The van der Waals surface area contributed by atoms with Gasteiger partial charge in [0.2, 0.25) is 0 Å². The lowest BCUT2D eigenvalue weighted by Crippen LogP contribution is -2.26. The van der Waals surface area contributed by atoms with Crippen LogP contribution in [0.25, 0.3) is 0 Å². The smallest absolute Gasteiger partial charge is 0.259 e. The summed E-state index contributed by atoms with van der Waals surface area (Å²) < 4.78 is 1.62. The van der Waals surface area contributed by atoms with Crippen molar-refractivity contribution in [1.82, 2.24) is 0 Å². The van der Waals surface area contributed by atoms with Crippen molar-refractivity contribution in [2.45, 2.75) is 0 Å². The van der Waals surface area contributed by atoms with Gasteiger partial charge in [0.1, 0.15) is 5.75 Å². The average Bonchev–Trinajstić information content (AvgIpc) is 2.37. The van der Waals surface area contributed by atoms with Gasteiger partial charge in [0.15, 0.2) is 0 Å². The Labute approximate surface area is 128 Å². The van der Waals surface area contributed by atoms with E-state index in [0.29, 0.717) is 11.3 Å². The Morgan fingerprint density at radius 3 is 2.53 bits per heavy atom. The Bertz CT molecular complexity index is 629. The number of rotatable bonds is 2. The number of hydrogen-bond donors (Lipinski definition) is 1. The fourth-order valence-electron chi connectivity index (χ4n) is 1.66. The Hall–Kier alpha value is -1.33. The first-order valence-corrected chi connectivity index (χ1v) is 7.10. The molecule has 0 bridgehead atoms. The second kappa shape index (κ2) is 5.75. The summed E-state index contributed by atoms with van der Waals surface area (Å²) in [5.74, 6) is -0.0167. The number of carbonyl (C=O) groups is 1. The van der Waals surface area contributed by atoms with Gasteiger partial charge in [0.25, 0.3) is 5.91 Å². The number of hydrogen-bond acceptors (Lipinski definition) is 2. The van der Waals surface area contributed by atoms with Crippen LogP contribution < -0.4 is 4.90 Å². The molecule has 2 aromatic carbocycles. The maximum atomic E-state index is 12.4. The van der Waals surface area contributed by atoms with Gasteiger partial charge in [0.05, 0.1) is 5.56 Å². The number of carbonyl (C=O) groups excluding carboxylic acids is 1. The molecule has 0 unspecified atom stereocenters. The lowest BCUT2D eigenvalue weighted by atomic mass is 10.2. The third kappa shape index (κ3) is 3.16. The zero-order chi connectivity index (χ0) is 14.0. The van der Waals surface area contributed by atoms with Gasteiger partial charge in [-0.2, -0.15) is 0 Å². The van der Waals surface area contributed by atoms with Crippen LogP contribution in [-0.2, 0) is 0 Å². The standard InChI is InChI=1S/C14H11Br2NO2/c1-17(10-3-2-4-11(18)8-10)14(19)12-6-5-9(15)7-13(12)16/h2-8,18H,1H3. The Morgan fingerprint density at radius 1 is 1.16 bits per heavy atom. The summed E-state index contributed by atoms with van der Waals surface area (Å²) in [7, 11) is 1.67. The van der Waals surface area contributed by atoms with Crippen molar-refractivity contribution in [3.05, 3.63) is 57.0 Å². The van der Waals surface area contributed by atoms with Crippen molar-refractivity contribution in [3.63, 3.8) is 0 Å². The SMILES string of the molecule is CN(C(=O)c1ccc(Br)cc1Br)c1cccc(O)c1. The van der Waals surface area contributed by atoms with Gasteiger partial charge in [-0.25, -0.2) is 0 Å². The largest absolute Gasteiger partial charge is 0.508 e. The molecular formula is C14H11Br2NO2. The van der Waals surface area contributed by atoms with Crippen LogP contribution in [0.3, 0.4) is 0 Å². The molecule has 0 saturated heterocycles. The van der Waals surface area contributed by atoms with Crippen LogP contribution in [-0.4, -0.2) is 18.1 Å². The minimum Gasteiger partial charge on any atom is -0.508 e. The van der Waals surface area contributed by atoms with Crippen molar-refractivity contribution in [2.24, 2.45) is 0 Å². The van der Waals surface area contributed by atoms with Crippen molar-refractivity contribution >= 4 is 43.5 Å². The molecule has 0 aliphatic carbocycles. The summed E-state index contributed by atoms with van der Waals surface area (Å²) >= 11 is 6.73. The highest BCUT2D eigenvalue weighted by Crippen LogP contribution is 2.26. The monoisotopic (exact) mass is 383 g/mol. The molecule has 0 saturated carbocycles. The summed E-state index contributed by atoms with van der Waals surface area (Å²) in [5.41, 5.74) is 1.20. The Kier molecular flexibility index (Phi) is 4.27. The van der Waals surface area contributed by atoms with Crippen LogP contribution in [0.5, 0.6) is 5.75 Å². The molecule has 0 spiro atoms. The van der Waals surface area contributed by atoms with E-state index in [-0.39, 0.29) is 11.7 Å². The van der Waals surface area contributed by atoms with Gasteiger partial charge in [0, 0.05) is 27.7 Å². The molecule has 2 aromatic rings. The number of phenols is 1. The highest BCUT2D eigenvalue weighted by atomic mass is 79.9. The topological polar surface area (TPSA) is 40.5 Å². The van der Waals surface area contributed by atoms with Gasteiger partial charge in [-0.3, -0.25) is 4.79 Å². The molecule has 0 heterocycles. The maximum absolute atomic E-state index is 12.4. The molecule has 5 heteroatoms. The maximum Gasteiger partial charge on any atom is 0.259 e. The van der Waals surface area contributed by atoms with E-state index in [9.17, 15) is 9.90 Å². The number of phenolic OH excluding ortho intramolecular Hbond substituents is 1. The second-order valence-corrected chi connectivity index (χ2v) is 5.78. The van der Waals surface area contributed by atoms with E-state index in [1.54, 1.807) is 37.4 Å². The molecule has 19 heavy (non-hydrogen) atoms. The van der Waals surface area contributed by atoms with Gasteiger partial charge < -0.3 is 10.0 Å². The molecule has 0 atom stereocenters. The lowest BCUT2D eigenvalue weighted by molar-refractivity contribution is 0.0992. The van der Waals surface area contributed by atoms with E-state index in [2.05, 4.69) is 31.9 Å². The van der Waals surface area contributed by atoms with Crippen LogP contribution in [0, 0.1) is 0 Å². The first-order chi connectivity index (χ1) is 8.99. The highest BCUT2D eigenvalue weighted by molar-refractivity contribution is 9.11. The summed E-state index contributed by atoms with van der Waals surface area (Å²) in [4.78, 5) is 13.9. The van der Waals surface area contributed by atoms with E-state index in [1.807, 2.05) is 12.1 Å².